The lowest BCUT2D eigenvalue weighted by Gasteiger charge is -2.38. The number of aromatic amines is 1. The molecule has 0 radical (unpaired) electrons. The highest BCUT2D eigenvalue weighted by atomic mass is 79.9. The number of imidazole rings is 1. The molecular formula is C16H17Br4N5. The molecule has 5 nitrogen and oxygen atoms in total. The quantitative estimate of drug-likeness (QED) is 0.386. The number of rotatable bonds is 3. The van der Waals surface area contributed by atoms with Gasteiger partial charge in [0, 0.05) is 35.1 Å². The highest BCUT2D eigenvalue weighted by Crippen LogP contribution is 2.43. The van der Waals surface area contributed by atoms with Crippen molar-refractivity contribution in [2.45, 2.75) is 19.9 Å². The van der Waals surface area contributed by atoms with Gasteiger partial charge < -0.3 is 9.88 Å². The van der Waals surface area contributed by atoms with Crippen molar-refractivity contribution in [2.24, 2.45) is 5.92 Å². The van der Waals surface area contributed by atoms with Gasteiger partial charge in [0.25, 0.3) is 0 Å². The van der Waals surface area contributed by atoms with Crippen LogP contribution < -0.4 is 4.90 Å². The number of aromatic nitrogens is 2. The second-order valence-corrected chi connectivity index (χ2v) is 9.55. The number of nitriles is 1. The molecule has 1 aromatic heterocycles. The SMILES string of the molecule is CC(C)C(C#N)N1CCN(c2nc3c(Br)c(Br)c(Br)c(Br)c3[nH]2)CC1. The van der Waals surface area contributed by atoms with Gasteiger partial charge in [0.05, 0.1) is 20.5 Å². The molecule has 2 heterocycles. The minimum Gasteiger partial charge on any atom is -0.340 e. The summed E-state index contributed by atoms with van der Waals surface area (Å²) in [4.78, 5) is 12.7. The van der Waals surface area contributed by atoms with Crippen LogP contribution >= 0.6 is 63.7 Å². The Hall–Kier alpha value is -0.140. The highest BCUT2D eigenvalue weighted by Gasteiger charge is 2.27. The van der Waals surface area contributed by atoms with E-state index < -0.39 is 0 Å². The van der Waals surface area contributed by atoms with Crippen molar-refractivity contribution in [3.63, 3.8) is 0 Å². The summed E-state index contributed by atoms with van der Waals surface area (Å²) in [6.07, 6.45) is 0. The van der Waals surface area contributed by atoms with E-state index >= 15 is 0 Å². The van der Waals surface area contributed by atoms with Crippen molar-refractivity contribution in [1.29, 1.82) is 5.26 Å². The molecule has 134 valence electrons. The summed E-state index contributed by atoms with van der Waals surface area (Å²) >= 11 is 14.4. The number of hydrogen-bond donors (Lipinski definition) is 1. The molecule has 2 aromatic rings. The van der Waals surface area contributed by atoms with Crippen LogP contribution in [0.4, 0.5) is 5.95 Å². The Kier molecular flexibility index (Phi) is 6.16. The van der Waals surface area contributed by atoms with Gasteiger partial charge in [0.2, 0.25) is 5.95 Å². The van der Waals surface area contributed by atoms with Crippen molar-refractivity contribution in [2.75, 3.05) is 31.1 Å². The average molecular weight is 599 g/mol. The van der Waals surface area contributed by atoms with E-state index in [0.29, 0.717) is 5.92 Å². The van der Waals surface area contributed by atoms with Crippen molar-refractivity contribution in [3.8, 4) is 6.07 Å². The molecule has 1 aliphatic rings. The Labute approximate surface area is 180 Å². The van der Waals surface area contributed by atoms with Crippen LogP contribution in [0.5, 0.6) is 0 Å². The molecule has 9 heteroatoms. The van der Waals surface area contributed by atoms with Crippen LogP contribution in [0.3, 0.4) is 0 Å². The molecule has 1 fully saturated rings. The van der Waals surface area contributed by atoms with Gasteiger partial charge >= 0.3 is 0 Å². The van der Waals surface area contributed by atoms with Crippen LogP contribution in [-0.2, 0) is 0 Å². The Morgan fingerprint density at radius 3 is 2.16 bits per heavy atom. The van der Waals surface area contributed by atoms with Gasteiger partial charge in [0.15, 0.2) is 0 Å². The number of nitrogens with zero attached hydrogens (tertiary/aromatic N) is 4. The van der Waals surface area contributed by atoms with E-state index in [1.54, 1.807) is 0 Å². The molecule has 1 aliphatic heterocycles. The fraction of sp³-hybridized carbons (Fsp3) is 0.500. The van der Waals surface area contributed by atoms with Gasteiger partial charge in [-0.3, -0.25) is 4.90 Å². The first kappa shape index (κ1) is 19.6. The molecule has 1 saturated heterocycles. The van der Waals surface area contributed by atoms with Gasteiger partial charge in [-0.2, -0.15) is 5.26 Å². The number of H-pyrrole nitrogens is 1. The number of benzene rings is 1. The van der Waals surface area contributed by atoms with Gasteiger partial charge in [0.1, 0.15) is 11.6 Å². The first-order valence-electron chi connectivity index (χ1n) is 7.95. The van der Waals surface area contributed by atoms with Crippen molar-refractivity contribution < 1.29 is 0 Å². The smallest absolute Gasteiger partial charge is 0.203 e. The summed E-state index contributed by atoms with van der Waals surface area (Å²) in [5, 5.41) is 9.40. The Bertz CT molecular complexity index is 788. The third kappa shape index (κ3) is 3.65. The second-order valence-electron chi connectivity index (χ2n) is 6.38. The molecule has 1 N–H and O–H groups in total. The summed E-state index contributed by atoms with van der Waals surface area (Å²) in [6.45, 7) is 7.63. The Morgan fingerprint density at radius 1 is 1.00 bits per heavy atom. The van der Waals surface area contributed by atoms with E-state index in [1.807, 2.05) is 0 Å². The third-order valence-electron chi connectivity index (χ3n) is 4.47. The maximum Gasteiger partial charge on any atom is 0.203 e. The maximum atomic E-state index is 9.40. The minimum atomic E-state index is -0.0203. The number of halogens is 4. The average Bonchev–Trinajstić information content (AvgIpc) is 3.04. The molecule has 1 aromatic carbocycles. The largest absolute Gasteiger partial charge is 0.340 e. The van der Waals surface area contributed by atoms with Crippen LogP contribution in [0, 0.1) is 17.2 Å². The first-order chi connectivity index (χ1) is 11.8. The van der Waals surface area contributed by atoms with Crippen LogP contribution in [0.2, 0.25) is 0 Å². The van der Waals surface area contributed by atoms with E-state index in [2.05, 4.69) is 98.4 Å². The lowest BCUT2D eigenvalue weighted by atomic mass is 10.0. The van der Waals surface area contributed by atoms with Crippen LogP contribution in [-0.4, -0.2) is 47.1 Å². The Balaban J connectivity index is 1.84. The van der Waals surface area contributed by atoms with Crippen molar-refractivity contribution in [3.05, 3.63) is 17.9 Å². The fourth-order valence-corrected chi connectivity index (χ4v) is 5.38. The van der Waals surface area contributed by atoms with Crippen LogP contribution in [0.25, 0.3) is 11.0 Å². The molecule has 25 heavy (non-hydrogen) atoms. The molecule has 1 unspecified atom stereocenters. The van der Waals surface area contributed by atoms with Gasteiger partial charge in [-0.15, -0.1) is 0 Å². The molecule has 0 saturated carbocycles. The first-order valence-corrected chi connectivity index (χ1v) is 11.1. The molecule has 0 amide bonds. The molecule has 0 spiro atoms. The Morgan fingerprint density at radius 2 is 1.60 bits per heavy atom. The van der Waals surface area contributed by atoms with Crippen LogP contribution in [0.15, 0.2) is 17.9 Å². The molecule has 0 aliphatic carbocycles. The molecule has 0 bridgehead atoms. The fourth-order valence-electron chi connectivity index (χ4n) is 3.10. The van der Waals surface area contributed by atoms with Gasteiger partial charge in [-0.25, -0.2) is 4.98 Å². The van der Waals surface area contributed by atoms with Crippen LogP contribution in [0.1, 0.15) is 13.8 Å². The van der Waals surface area contributed by atoms with Crippen molar-refractivity contribution in [1.82, 2.24) is 14.9 Å². The summed E-state index contributed by atoms with van der Waals surface area (Å²) in [5.41, 5.74) is 1.84. The number of nitrogens with one attached hydrogen (secondary N) is 1. The summed E-state index contributed by atoms with van der Waals surface area (Å²) in [6, 6.07) is 2.42. The highest BCUT2D eigenvalue weighted by molar-refractivity contribution is 9.15. The number of anilines is 1. The standard InChI is InChI=1S/C16H17Br4N5/c1-8(2)9(7-21)24-3-5-25(6-4-24)16-22-14-12(19)10(17)11(18)13(20)15(14)23-16/h8-9H,3-6H2,1-2H3,(H,22,23). The number of piperazine rings is 1. The summed E-state index contributed by atoms with van der Waals surface area (Å²) < 4.78 is 3.74. The van der Waals surface area contributed by atoms with Gasteiger partial charge in [-0.1, -0.05) is 13.8 Å². The lowest BCUT2D eigenvalue weighted by molar-refractivity contribution is 0.184. The van der Waals surface area contributed by atoms with Gasteiger partial charge in [-0.05, 0) is 69.6 Å². The number of hydrogen-bond acceptors (Lipinski definition) is 4. The lowest BCUT2D eigenvalue weighted by Crippen LogP contribution is -2.51. The predicted octanol–water partition coefficient (Wildman–Crippen LogP) is 5.28. The molecular weight excluding hydrogens is 582 g/mol. The zero-order valence-electron chi connectivity index (χ0n) is 13.8. The number of fused-ring (bicyclic) bond motifs is 1. The monoisotopic (exact) mass is 595 g/mol. The minimum absolute atomic E-state index is 0.0203. The maximum absolute atomic E-state index is 9.40. The predicted molar refractivity (Wildman–Crippen MR) is 115 cm³/mol. The van der Waals surface area contributed by atoms with E-state index in [0.717, 1.165) is 61.1 Å². The van der Waals surface area contributed by atoms with E-state index in [-0.39, 0.29) is 6.04 Å². The van der Waals surface area contributed by atoms with Crippen molar-refractivity contribution >= 4 is 80.7 Å². The normalized spacial score (nSPS) is 17.3. The zero-order valence-corrected chi connectivity index (χ0v) is 20.1. The zero-order chi connectivity index (χ0) is 18.3. The van der Waals surface area contributed by atoms with E-state index in [9.17, 15) is 5.26 Å². The van der Waals surface area contributed by atoms with E-state index in [4.69, 9.17) is 4.98 Å². The molecule has 3 rings (SSSR count). The molecule has 1 atom stereocenters. The third-order valence-corrected chi connectivity index (χ3v) is 9.22. The summed E-state index contributed by atoms with van der Waals surface area (Å²) in [7, 11) is 0. The summed E-state index contributed by atoms with van der Waals surface area (Å²) in [5.74, 6) is 1.20. The second kappa shape index (κ2) is 7.85. The van der Waals surface area contributed by atoms with E-state index in [1.165, 1.54) is 0 Å². The topological polar surface area (TPSA) is 59.0 Å².